The Kier molecular flexibility index (Phi) is 52.1. The average molecular weight is 923 g/mol. The zero-order valence-corrected chi connectivity index (χ0v) is 45.3. The van der Waals surface area contributed by atoms with Crippen LogP contribution < -0.4 is 0 Å². The Bertz CT molecular complexity index is 1040. The summed E-state index contributed by atoms with van der Waals surface area (Å²) in [6.45, 7) is 15.2. The van der Waals surface area contributed by atoms with Gasteiger partial charge in [-0.05, 0) is 136 Å². The number of allylic oxidation sites excluding steroid dienone is 8. The first kappa shape index (κ1) is 63.9. The van der Waals surface area contributed by atoms with Gasteiger partial charge in [-0.3, -0.25) is 9.59 Å². The molecule has 0 rings (SSSR count). The minimum absolute atomic E-state index is 0.399. The van der Waals surface area contributed by atoms with Crippen molar-refractivity contribution < 1.29 is 9.59 Å². The molecule has 66 heavy (non-hydrogen) atoms. The van der Waals surface area contributed by atoms with Gasteiger partial charge in [0.05, 0.1) is 0 Å². The molecule has 0 saturated heterocycles. The van der Waals surface area contributed by atoms with E-state index in [1.54, 1.807) is 0 Å². The van der Waals surface area contributed by atoms with Gasteiger partial charge in [0.2, 0.25) is 11.8 Å². The molecule has 0 radical (unpaired) electrons. The van der Waals surface area contributed by atoms with E-state index in [9.17, 15) is 9.59 Å². The fourth-order valence-corrected chi connectivity index (χ4v) is 8.86. The standard InChI is InChI=1S/C61H115N3O2/c1-6-10-14-18-20-22-24-26-28-30-32-34-36-38-44-52-60(65)63(56-48-16-12-8-3)58-50-42-40-46-54-62(5)55-47-41-43-51-59-64(57-49-17-13-9-4)61(66)53-45-39-37-35-33-31-29-27-25-23-21-19-15-11-7-2/h20-23,26-29H,6-19,24-25,30-59H2,1-5H3/b22-20-,23-21-,28-26-,29-27-. The molecule has 0 heterocycles. The molecule has 0 unspecified atom stereocenters. The van der Waals surface area contributed by atoms with Crippen LogP contribution in [0, 0.1) is 0 Å². The van der Waals surface area contributed by atoms with Crippen molar-refractivity contribution in [3.8, 4) is 0 Å². The number of hydrogen-bond donors (Lipinski definition) is 0. The van der Waals surface area contributed by atoms with Crippen LogP contribution in [-0.2, 0) is 9.59 Å². The first-order chi connectivity index (χ1) is 32.5. The molecule has 5 heteroatoms. The lowest BCUT2D eigenvalue weighted by Gasteiger charge is -2.23. The van der Waals surface area contributed by atoms with Crippen molar-refractivity contribution in [3.05, 3.63) is 48.6 Å². The minimum atomic E-state index is 0.399. The van der Waals surface area contributed by atoms with Gasteiger partial charge >= 0.3 is 0 Å². The summed E-state index contributed by atoms with van der Waals surface area (Å²) in [5.41, 5.74) is 0. The van der Waals surface area contributed by atoms with Crippen molar-refractivity contribution in [2.24, 2.45) is 0 Å². The third-order valence-corrected chi connectivity index (χ3v) is 13.4. The first-order valence-corrected chi connectivity index (χ1v) is 29.3. The van der Waals surface area contributed by atoms with Gasteiger partial charge in [0.15, 0.2) is 0 Å². The van der Waals surface area contributed by atoms with Crippen LogP contribution in [0.15, 0.2) is 48.6 Å². The second-order valence-electron chi connectivity index (χ2n) is 20.0. The van der Waals surface area contributed by atoms with Crippen molar-refractivity contribution in [3.63, 3.8) is 0 Å². The van der Waals surface area contributed by atoms with Crippen molar-refractivity contribution >= 4 is 11.8 Å². The van der Waals surface area contributed by atoms with E-state index in [-0.39, 0.29) is 0 Å². The molecule has 386 valence electrons. The van der Waals surface area contributed by atoms with Crippen LogP contribution in [-0.4, -0.2) is 72.8 Å². The largest absolute Gasteiger partial charge is 0.343 e. The van der Waals surface area contributed by atoms with Crippen molar-refractivity contribution in [1.29, 1.82) is 0 Å². The van der Waals surface area contributed by atoms with Crippen LogP contribution in [0.25, 0.3) is 0 Å². The van der Waals surface area contributed by atoms with E-state index in [4.69, 9.17) is 0 Å². The number of carbonyl (C=O) groups excluding carboxylic acids is 2. The van der Waals surface area contributed by atoms with Gasteiger partial charge in [-0.15, -0.1) is 0 Å². The number of hydrogen-bond acceptors (Lipinski definition) is 3. The van der Waals surface area contributed by atoms with E-state index >= 15 is 0 Å². The Balaban J connectivity index is 4.20. The zero-order chi connectivity index (χ0) is 48.1. The van der Waals surface area contributed by atoms with Crippen molar-refractivity contribution in [1.82, 2.24) is 14.7 Å². The molecule has 0 spiro atoms. The summed E-state index contributed by atoms with van der Waals surface area (Å²) in [4.78, 5) is 33.5. The molecule has 0 bridgehead atoms. The topological polar surface area (TPSA) is 43.9 Å². The number of carbonyl (C=O) groups is 2. The van der Waals surface area contributed by atoms with Crippen LogP contribution in [0.3, 0.4) is 0 Å². The summed E-state index contributed by atoms with van der Waals surface area (Å²) >= 11 is 0. The second kappa shape index (κ2) is 53.8. The average Bonchev–Trinajstić information content (AvgIpc) is 3.32. The van der Waals surface area contributed by atoms with Gasteiger partial charge in [0, 0.05) is 39.0 Å². The van der Waals surface area contributed by atoms with Gasteiger partial charge in [-0.25, -0.2) is 0 Å². The van der Waals surface area contributed by atoms with Gasteiger partial charge in [0.1, 0.15) is 0 Å². The molecule has 0 aromatic rings. The van der Waals surface area contributed by atoms with E-state index in [1.807, 2.05) is 0 Å². The highest BCUT2D eigenvalue weighted by Crippen LogP contribution is 2.15. The predicted molar refractivity (Wildman–Crippen MR) is 295 cm³/mol. The molecule has 0 aromatic heterocycles. The fraction of sp³-hybridized carbons (Fsp3) is 0.836. The molecular weight excluding hydrogens is 807 g/mol. The Hall–Kier alpha value is -2.14. The lowest BCUT2D eigenvalue weighted by molar-refractivity contribution is -0.132. The Labute approximate surface area is 413 Å². The van der Waals surface area contributed by atoms with E-state index in [1.165, 1.54) is 206 Å². The Morgan fingerprint density at radius 2 is 0.530 bits per heavy atom. The van der Waals surface area contributed by atoms with Crippen molar-refractivity contribution in [2.75, 3.05) is 46.3 Å². The highest BCUT2D eigenvalue weighted by molar-refractivity contribution is 5.76. The summed E-state index contributed by atoms with van der Waals surface area (Å²) in [6, 6.07) is 0. The summed E-state index contributed by atoms with van der Waals surface area (Å²) in [5, 5.41) is 0. The van der Waals surface area contributed by atoms with E-state index < -0.39 is 0 Å². The molecule has 0 aliphatic carbocycles. The maximum atomic E-state index is 13.3. The number of amides is 2. The summed E-state index contributed by atoms with van der Waals surface area (Å²) in [5.74, 6) is 0.797. The monoisotopic (exact) mass is 922 g/mol. The van der Waals surface area contributed by atoms with Crippen LogP contribution in [0.1, 0.15) is 285 Å². The molecule has 0 aliphatic rings. The molecule has 2 amide bonds. The molecule has 0 fully saturated rings. The summed E-state index contributed by atoms with van der Waals surface area (Å²) in [7, 11) is 2.28. The Morgan fingerprint density at radius 3 is 0.864 bits per heavy atom. The number of rotatable bonds is 52. The molecule has 0 N–H and O–H groups in total. The van der Waals surface area contributed by atoms with E-state index in [0.29, 0.717) is 11.8 Å². The molecule has 5 nitrogen and oxygen atoms in total. The SMILES string of the molecule is CCCCC/C=C\C/C=C\CCCCCCCC(=O)N(CCCCCC)CCCCCCN(C)CCCCCCN(CCCCCC)C(=O)CCCCCCC/C=C\C/C=C\CCCCC. The lowest BCUT2D eigenvalue weighted by Crippen LogP contribution is -2.32. The fourth-order valence-electron chi connectivity index (χ4n) is 8.86. The third kappa shape index (κ3) is 46.9. The van der Waals surface area contributed by atoms with Crippen LogP contribution in [0.5, 0.6) is 0 Å². The van der Waals surface area contributed by atoms with E-state index in [0.717, 1.165) is 90.4 Å². The first-order valence-electron chi connectivity index (χ1n) is 29.3. The number of nitrogens with zero attached hydrogens (tertiary/aromatic N) is 3. The quantitative estimate of drug-likeness (QED) is 0.0451. The van der Waals surface area contributed by atoms with E-state index in [2.05, 4.69) is 98.1 Å². The highest BCUT2D eigenvalue weighted by Gasteiger charge is 2.14. The molecule has 0 aromatic carbocycles. The molecule has 0 saturated carbocycles. The minimum Gasteiger partial charge on any atom is -0.343 e. The third-order valence-electron chi connectivity index (χ3n) is 13.4. The lowest BCUT2D eigenvalue weighted by atomic mass is 10.1. The smallest absolute Gasteiger partial charge is 0.222 e. The molecule has 0 aliphatic heterocycles. The van der Waals surface area contributed by atoms with Crippen LogP contribution in [0.4, 0.5) is 0 Å². The van der Waals surface area contributed by atoms with Gasteiger partial charge in [-0.1, -0.05) is 205 Å². The van der Waals surface area contributed by atoms with Crippen LogP contribution in [0.2, 0.25) is 0 Å². The predicted octanol–water partition coefficient (Wildman–Crippen LogP) is 18.5. The maximum Gasteiger partial charge on any atom is 0.222 e. The Morgan fingerprint density at radius 1 is 0.288 bits per heavy atom. The maximum absolute atomic E-state index is 13.3. The highest BCUT2D eigenvalue weighted by atomic mass is 16.2. The summed E-state index contributed by atoms with van der Waals surface area (Å²) < 4.78 is 0. The normalized spacial score (nSPS) is 12.1. The molecular formula is C61H115N3O2. The number of unbranched alkanes of at least 4 members (excludes halogenated alkanes) is 28. The van der Waals surface area contributed by atoms with Crippen molar-refractivity contribution in [2.45, 2.75) is 285 Å². The zero-order valence-electron chi connectivity index (χ0n) is 45.3. The second-order valence-corrected chi connectivity index (χ2v) is 20.0. The molecule has 0 atom stereocenters. The summed E-state index contributed by atoms with van der Waals surface area (Å²) in [6.07, 6.45) is 66.6. The van der Waals surface area contributed by atoms with Gasteiger partial charge in [0.25, 0.3) is 0 Å². The van der Waals surface area contributed by atoms with Gasteiger partial charge in [-0.2, -0.15) is 0 Å². The van der Waals surface area contributed by atoms with Crippen LogP contribution >= 0.6 is 0 Å². The van der Waals surface area contributed by atoms with Gasteiger partial charge < -0.3 is 14.7 Å².